The average Bonchev–Trinajstić information content (AvgIpc) is 2.87. The molecule has 6 heteroatoms. The number of aliphatic hydroxyl groups excluding tert-OH is 1. The first-order valence-electron chi connectivity index (χ1n) is 12.2. The fraction of sp³-hybridized carbons (Fsp3) is 0.345. The molecule has 0 fully saturated rings. The van der Waals surface area contributed by atoms with Crippen LogP contribution in [0.1, 0.15) is 55.5 Å². The Balaban J connectivity index is 1.49. The van der Waals surface area contributed by atoms with E-state index >= 15 is 0 Å². The highest BCUT2D eigenvalue weighted by Crippen LogP contribution is 2.40. The molecule has 0 radical (unpaired) electrons. The van der Waals surface area contributed by atoms with Crippen LogP contribution in [0, 0.1) is 0 Å². The zero-order chi connectivity index (χ0) is 24.8. The van der Waals surface area contributed by atoms with Gasteiger partial charge in [-0.3, -0.25) is 4.72 Å². The molecular weight excluding hydrogens is 454 g/mol. The highest BCUT2D eigenvalue weighted by atomic mass is 32.2. The Morgan fingerprint density at radius 1 is 1.17 bits per heavy atom. The molecule has 0 spiro atoms. The van der Waals surface area contributed by atoms with Crippen molar-refractivity contribution in [2.45, 2.75) is 62.6 Å². The van der Waals surface area contributed by atoms with Gasteiger partial charge in [-0.05, 0) is 68.0 Å². The monoisotopic (exact) mass is 489 g/mol. The first-order valence-corrected chi connectivity index (χ1v) is 13.0. The van der Waals surface area contributed by atoms with Crippen molar-refractivity contribution in [3.8, 4) is 5.88 Å². The van der Waals surface area contributed by atoms with E-state index in [0.717, 1.165) is 29.7 Å². The highest BCUT2D eigenvalue weighted by Gasteiger charge is 2.35. The molecule has 3 aromatic rings. The summed E-state index contributed by atoms with van der Waals surface area (Å²) in [4.78, 5) is 5.82. The number of fused-ring (bicyclic) bond motifs is 1. The maximum absolute atomic E-state index is 9.93. The van der Waals surface area contributed by atoms with E-state index in [2.05, 4.69) is 84.8 Å². The number of benzene rings is 2. The number of ether oxygens (including phenoxy) is 1. The van der Waals surface area contributed by atoms with Gasteiger partial charge in [-0.1, -0.05) is 56.0 Å². The minimum Gasteiger partial charge on any atom is -0.471 e. The number of hydrogen-bond donors (Lipinski definition) is 3. The lowest BCUT2D eigenvalue weighted by atomic mass is 9.91. The number of nitrogens with one attached hydrogen (secondary N) is 2. The van der Waals surface area contributed by atoms with Gasteiger partial charge in [0, 0.05) is 34.3 Å². The molecule has 1 aromatic heterocycles. The quantitative estimate of drug-likeness (QED) is 0.317. The standard InChI is InChI=1S/C29H35N3O2S/c1-5-21-11-13-25(14-12-21)35-32-27-17-29(3,4)34-28-26(27)16-23(18-30-28)20(2)31-24(19-33)15-22-9-7-6-8-10-22/h6-14,16,18,24,27,31-33H,2,5,15,17,19H2,1,3-4H3. The van der Waals surface area contributed by atoms with Gasteiger partial charge >= 0.3 is 0 Å². The maximum atomic E-state index is 9.93. The van der Waals surface area contributed by atoms with Crippen LogP contribution in [0.4, 0.5) is 0 Å². The first-order chi connectivity index (χ1) is 16.9. The van der Waals surface area contributed by atoms with E-state index in [0.29, 0.717) is 12.3 Å². The topological polar surface area (TPSA) is 66.4 Å². The molecule has 0 bridgehead atoms. The van der Waals surface area contributed by atoms with Crippen molar-refractivity contribution in [2.24, 2.45) is 0 Å². The van der Waals surface area contributed by atoms with E-state index in [1.54, 1.807) is 18.1 Å². The number of hydrogen-bond acceptors (Lipinski definition) is 6. The smallest absolute Gasteiger partial charge is 0.218 e. The van der Waals surface area contributed by atoms with Crippen LogP contribution in [0.15, 0.2) is 78.3 Å². The zero-order valence-electron chi connectivity index (χ0n) is 20.8. The molecule has 0 aliphatic carbocycles. The lowest BCUT2D eigenvalue weighted by molar-refractivity contribution is 0.0645. The fourth-order valence-electron chi connectivity index (χ4n) is 4.30. The highest BCUT2D eigenvalue weighted by molar-refractivity contribution is 7.97. The second-order valence-electron chi connectivity index (χ2n) is 9.65. The summed E-state index contributed by atoms with van der Waals surface area (Å²) >= 11 is 1.64. The molecular formula is C29H35N3O2S. The zero-order valence-corrected chi connectivity index (χ0v) is 21.6. The number of aliphatic hydroxyl groups is 1. The van der Waals surface area contributed by atoms with Crippen molar-refractivity contribution in [1.29, 1.82) is 0 Å². The summed E-state index contributed by atoms with van der Waals surface area (Å²) in [6, 6.07) is 20.9. The average molecular weight is 490 g/mol. The summed E-state index contributed by atoms with van der Waals surface area (Å²) in [5.41, 5.74) is 4.83. The van der Waals surface area contributed by atoms with Gasteiger partial charge in [0.25, 0.3) is 0 Å². The summed E-state index contributed by atoms with van der Waals surface area (Å²) in [5, 5.41) is 13.3. The van der Waals surface area contributed by atoms with E-state index in [1.807, 2.05) is 18.2 Å². The SMILES string of the molecule is C=C(NC(CO)Cc1ccccc1)c1cnc2c(c1)C(NSc1ccc(CC)cc1)CC(C)(C)O2. The van der Waals surface area contributed by atoms with Crippen LogP contribution >= 0.6 is 11.9 Å². The summed E-state index contributed by atoms with van der Waals surface area (Å²) in [5.74, 6) is 0.653. The summed E-state index contributed by atoms with van der Waals surface area (Å²) in [7, 11) is 0. The van der Waals surface area contributed by atoms with Crippen molar-refractivity contribution in [3.63, 3.8) is 0 Å². The minimum atomic E-state index is -0.321. The van der Waals surface area contributed by atoms with Crippen molar-refractivity contribution in [1.82, 2.24) is 15.0 Å². The fourth-order valence-corrected chi connectivity index (χ4v) is 5.06. The van der Waals surface area contributed by atoms with Crippen molar-refractivity contribution >= 4 is 17.6 Å². The Morgan fingerprint density at radius 3 is 2.60 bits per heavy atom. The van der Waals surface area contributed by atoms with E-state index in [1.165, 1.54) is 16.0 Å². The number of pyridine rings is 1. The predicted octanol–water partition coefficient (Wildman–Crippen LogP) is 5.71. The number of aryl methyl sites for hydroxylation is 1. The first kappa shape index (κ1) is 25.3. The van der Waals surface area contributed by atoms with Gasteiger partial charge < -0.3 is 15.2 Å². The Morgan fingerprint density at radius 2 is 1.91 bits per heavy atom. The Hall–Kier alpha value is -2.80. The largest absolute Gasteiger partial charge is 0.471 e. The van der Waals surface area contributed by atoms with Crippen LogP contribution in [0.2, 0.25) is 0 Å². The third-order valence-electron chi connectivity index (χ3n) is 6.25. The van der Waals surface area contributed by atoms with Crippen LogP contribution in [0.25, 0.3) is 5.70 Å². The van der Waals surface area contributed by atoms with E-state index in [-0.39, 0.29) is 24.3 Å². The third-order valence-corrected chi connectivity index (χ3v) is 7.16. The number of aromatic nitrogens is 1. The van der Waals surface area contributed by atoms with Gasteiger partial charge in [0.1, 0.15) is 5.60 Å². The van der Waals surface area contributed by atoms with Gasteiger partial charge in [0.05, 0.1) is 18.7 Å². The Labute approximate surface area is 213 Å². The van der Waals surface area contributed by atoms with E-state index in [4.69, 9.17) is 4.74 Å². The Kier molecular flexibility index (Phi) is 8.16. The minimum absolute atomic E-state index is 0.0151. The van der Waals surface area contributed by atoms with Crippen LogP contribution < -0.4 is 14.8 Å². The van der Waals surface area contributed by atoms with Gasteiger partial charge in [-0.15, -0.1) is 0 Å². The van der Waals surface area contributed by atoms with Crippen molar-refractivity contribution in [2.75, 3.05) is 6.61 Å². The summed E-state index contributed by atoms with van der Waals surface area (Å²) in [6.45, 7) is 10.6. The molecule has 2 aromatic carbocycles. The molecule has 5 nitrogen and oxygen atoms in total. The lowest BCUT2D eigenvalue weighted by Gasteiger charge is -2.37. The number of nitrogens with zero attached hydrogens (tertiary/aromatic N) is 1. The molecule has 1 aliphatic heterocycles. The molecule has 3 N–H and O–H groups in total. The van der Waals surface area contributed by atoms with Crippen molar-refractivity contribution < 1.29 is 9.84 Å². The van der Waals surface area contributed by atoms with Crippen LogP contribution in [0.5, 0.6) is 5.88 Å². The van der Waals surface area contributed by atoms with Gasteiger partial charge in [0.15, 0.2) is 0 Å². The number of rotatable bonds is 10. The molecule has 0 saturated heterocycles. The van der Waals surface area contributed by atoms with Crippen molar-refractivity contribution in [3.05, 3.63) is 95.7 Å². The lowest BCUT2D eigenvalue weighted by Crippen LogP contribution is -2.38. The maximum Gasteiger partial charge on any atom is 0.218 e. The molecule has 35 heavy (non-hydrogen) atoms. The molecule has 0 amide bonds. The second-order valence-corrected chi connectivity index (χ2v) is 10.6. The molecule has 2 atom stereocenters. The van der Waals surface area contributed by atoms with E-state index < -0.39 is 0 Å². The van der Waals surface area contributed by atoms with Crippen LogP contribution in [-0.2, 0) is 12.8 Å². The second kappa shape index (κ2) is 11.3. The van der Waals surface area contributed by atoms with Gasteiger partial charge in [-0.2, -0.15) is 0 Å². The summed E-state index contributed by atoms with van der Waals surface area (Å²) in [6.07, 6.45) is 4.36. The summed E-state index contributed by atoms with van der Waals surface area (Å²) < 4.78 is 9.84. The van der Waals surface area contributed by atoms with Crippen LogP contribution in [0.3, 0.4) is 0 Å². The molecule has 2 unspecified atom stereocenters. The van der Waals surface area contributed by atoms with Gasteiger partial charge in [0.2, 0.25) is 5.88 Å². The normalized spacial score (nSPS) is 17.2. The third kappa shape index (κ3) is 6.66. The molecule has 2 heterocycles. The van der Waals surface area contributed by atoms with Crippen LogP contribution in [-0.4, -0.2) is 28.3 Å². The molecule has 184 valence electrons. The van der Waals surface area contributed by atoms with E-state index in [9.17, 15) is 5.11 Å². The molecule has 0 saturated carbocycles. The Bertz CT molecular complexity index is 1130. The predicted molar refractivity (Wildman–Crippen MR) is 144 cm³/mol. The molecule has 4 rings (SSSR count). The van der Waals surface area contributed by atoms with Gasteiger partial charge in [-0.25, -0.2) is 4.98 Å². The molecule has 1 aliphatic rings.